The number of aromatic amines is 1. The molecule has 1 aliphatic heterocycles. The lowest BCUT2D eigenvalue weighted by molar-refractivity contribution is -0.119. The highest BCUT2D eigenvalue weighted by Gasteiger charge is 2.21. The smallest absolute Gasteiger partial charge is 0.240 e. The van der Waals surface area contributed by atoms with Crippen molar-refractivity contribution in [1.82, 2.24) is 14.8 Å². The number of anilines is 1. The molecule has 0 saturated carbocycles. The number of amides is 1. The van der Waals surface area contributed by atoms with Crippen molar-refractivity contribution in [2.24, 2.45) is 4.99 Å². The van der Waals surface area contributed by atoms with Gasteiger partial charge in [-0.1, -0.05) is 30.3 Å². The fourth-order valence-corrected chi connectivity index (χ4v) is 4.60. The minimum Gasteiger partial charge on any atom is -0.508 e. The van der Waals surface area contributed by atoms with Crippen LogP contribution in [-0.4, -0.2) is 83.4 Å². The SMILES string of the molecule is CN1CCN(CC(=O)N(C)c2ccc(N=C(c3ccccc3)c3c(O)[nH]c4cc(O)ccc34)cc2)CC1. The van der Waals surface area contributed by atoms with E-state index in [2.05, 4.69) is 21.8 Å². The summed E-state index contributed by atoms with van der Waals surface area (Å²) in [7, 11) is 3.90. The van der Waals surface area contributed by atoms with Crippen LogP contribution < -0.4 is 4.90 Å². The average molecular weight is 498 g/mol. The first kappa shape index (κ1) is 24.5. The summed E-state index contributed by atoms with van der Waals surface area (Å²) in [4.78, 5) is 26.9. The van der Waals surface area contributed by atoms with Crippen LogP contribution in [0.3, 0.4) is 0 Å². The van der Waals surface area contributed by atoms with Gasteiger partial charge in [0.15, 0.2) is 5.88 Å². The molecule has 1 fully saturated rings. The number of carbonyl (C=O) groups is 1. The number of nitrogens with one attached hydrogen (secondary N) is 1. The average Bonchev–Trinajstić information content (AvgIpc) is 3.23. The maximum absolute atomic E-state index is 12.9. The Morgan fingerprint density at radius 3 is 2.38 bits per heavy atom. The van der Waals surface area contributed by atoms with Gasteiger partial charge < -0.3 is 25.0 Å². The Balaban J connectivity index is 1.43. The molecule has 1 aromatic heterocycles. The van der Waals surface area contributed by atoms with E-state index >= 15 is 0 Å². The first-order valence-corrected chi connectivity index (χ1v) is 12.3. The van der Waals surface area contributed by atoms with Crippen LogP contribution in [0.25, 0.3) is 10.9 Å². The second kappa shape index (κ2) is 10.5. The molecule has 0 unspecified atom stereocenters. The fraction of sp³-hybridized carbons (Fsp3) is 0.241. The van der Waals surface area contributed by atoms with Crippen LogP contribution >= 0.6 is 0 Å². The Morgan fingerprint density at radius 1 is 0.973 bits per heavy atom. The molecule has 2 heterocycles. The van der Waals surface area contributed by atoms with Gasteiger partial charge in [0.1, 0.15) is 5.75 Å². The molecular formula is C29H31N5O3. The minimum atomic E-state index is -0.0194. The van der Waals surface area contributed by atoms with Crippen molar-refractivity contribution in [3.8, 4) is 11.6 Å². The first-order chi connectivity index (χ1) is 17.9. The largest absolute Gasteiger partial charge is 0.508 e. The molecule has 1 aliphatic rings. The predicted octanol–water partition coefficient (Wildman–Crippen LogP) is 3.96. The van der Waals surface area contributed by atoms with Crippen molar-refractivity contribution >= 4 is 33.9 Å². The number of hydrogen-bond donors (Lipinski definition) is 3. The standard InChI is InChI=1S/C29H31N5O3/c1-32-14-16-34(17-15-32)19-26(36)33(2)22-10-8-21(9-11-22)30-28(20-6-4-3-5-7-20)27-24-13-12-23(35)18-25(24)31-29(27)37/h3-13,18,31,35,37H,14-17,19H2,1-2H3. The highest BCUT2D eigenvalue weighted by Crippen LogP contribution is 2.33. The molecule has 37 heavy (non-hydrogen) atoms. The van der Waals surface area contributed by atoms with Crippen LogP contribution in [0.15, 0.2) is 77.8 Å². The monoisotopic (exact) mass is 497 g/mol. The number of phenols is 1. The molecule has 4 aromatic rings. The van der Waals surface area contributed by atoms with Crippen LogP contribution in [0.4, 0.5) is 11.4 Å². The number of aliphatic imine (C=N–C) groups is 1. The third-order valence-corrected chi connectivity index (χ3v) is 6.85. The highest BCUT2D eigenvalue weighted by atomic mass is 16.3. The molecule has 0 radical (unpaired) electrons. The summed E-state index contributed by atoms with van der Waals surface area (Å²) in [5.74, 6) is 0.146. The topological polar surface area (TPSA) is 95.4 Å². The first-order valence-electron chi connectivity index (χ1n) is 12.3. The number of aromatic hydroxyl groups is 2. The highest BCUT2D eigenvalue weighted by molar-refractivity contribution is 6.22. The number of aromatic nitrogens is 1. The maximum Gasteiger partial charge on any atom is 0.240 e. The summed E-state index contributed by atoms with van der Waals surface area (Å²) in [6.45, 7) is 4.14. The van der Waals surface area contributed by atoms with E-state index in [1.165, 1.54) is 0 Å². The lowest BCUT2D eigenvalue weighted by Gasteiger charge is -2.32. The Morgan fingerprint density at radius 2 is 1.68 bits per heavy atom. The maximum atomic E-state index is 12.9. The second-order valence-electron chi connectivity index (χ2n) is 9.45. The van der Waals surface area contributed by atoms with Gasteiger partial charge in [0.2, 0.25) is 5.91 Å². The molecule has 3 aromatic carbocycles. The summed E-state index contributed by atoms with van der Waals surface area (Å²) in [5.41, 5.74) is 4.11. The molecule has 0 spiro atoms. The molecule has 0 bridgehead atoms. The molecule has 8 nitrogen and oxygen atoms in total. The summed E-state index contributed by atoms with van der Waals surface area (Å²) in [6, 6.07) is 22.1. The van der Waals surface area contributed by atoms with E-state index in [0.717, 1.165) is 42.8 Å². The number of likely N-dealkylation sites (N-methyl/N-ethyl adjacent to an activating group) is 2. The fourth-order valence-electron chi connectivity index (χ4n) is 4.60. The molecule has 5 rings (SSSR count). The summed E-state index contributed by atoms with van der Waals surface area (Å²) in [5, 5.41) is 21.4. The number of rotatable bonds is 6. The number of piperazine rings is 1. The third-order valence-electron chi connectivity index (χ3n) is 6.85. The van der Waals surface area contributed by atoms with Gasteiger partial charge in [0.25, 0.3) is 0 Å². The second-order valence-corrected chi connectivity index (χ2v) is 9.45. The molecule has 8 heteroatoms. The molecule has 190 valence electrons. The van der Waals surface area contributed by atoms with Crippen molar-refractivity contribution in [3.05, 3.63) is 83.9 Å². The number of carbonyl (C=O) groups excluding carboxylic acids is 1. The van der Waals surface area contributed by atoms with Crippen molar-refractivity contribution in [1.29, 1.82) is 0 Å². The van der Waals surface area contributed by atoms with E-state index < -0.39 is 0 Å². The Labute approximate surface area is 216 Å². The van der Waals surface area contributed by atoms with E-state index in [-0.39, 0.29) is 17.5 Å². The predicted molar refractivity (Wildman–Crippen MR) is 147 cm³/mol. The Kier molecular flexibility index (Phi) is 6.94. The van der Waals surface area contributed by atoms with Gasteiger partial charge >= 0.3 is 0 Å². The van der Waals surface area contributed by atoms with E-state index in [9.17, 15) is 15.0 Å². The van der Waals surface area contributed by atoms with Crippen LogP contribution in [0, 0.1) is 0 Å². The number of H-pyrrole nitrogens is 1. The van der Waals surface area contributed by atoms with Gasteiger partial charge in [0.05, 0.1) is 29.0 Å². The molecule has 1 saturated heterocycles. The van der Waals surface area contributed by atoms with Crippen LogP contribution in [-0.2, 0) is 4.79 Å². The lowest BCUT2D eigenvalue weighted by Crippen LogP contribution is -2.48. The van der Waals surface area contributed by atoms with E-state index in [4.69, 9.17) is 4.99 Å². The number of nitrogens with zero attached hydrogens (tertiary/aromatic N) is 4. The Hall–Kier alpha value is -4.14. The van der Waals surface area contributed by atoms with Gasteiger partial charge in [-0.05, 0) is 43.4 Å². The summed E-state index contributed by atoms with van der Waals surface area (Å²) in [6.07, 6.45) is 0. The van der Waals surface area contributed by atoms with Crippen LogP contribution in [0.1, 0.15) is 11.1 Å². The molecular weight excluding hydrogens is 466 g/mol. The van der Waals surface area contributed by atoms with Crippen molar-refractivity contribution < 1.29 is 15.0 Å². The van der Waals surface area contributed by atoms with Gasteiger partial charge in [0, 0.05) is 55.9 Å². The van der Waals surface area contributed by atoms with Crippen molar-refractivity contribution in [2.45, 2.75) is 0 Å². The molecule has 0 aliphatic carbocycles. The zero-order chi connectivity index (χ0) is 25.9. The van der Waals surface area contributed by atoms with Crippen LogP contribution in [0.5, 0.6) is 11.6 Å². The van der Waals surface area contributed by atoms with Crippen LogP contribution in [0.2, 0.25) is 0 Å². The number of hydrogen-bond acceptors (Lipinski definition) is 6. The summed E-state index contributed by atoms with van der Waals surface area (Å²) < 4.78 is 0. The van der Waals surface area contributed by atoms with Gasteiger partial charge in [-0.2, -0.15) is 0 Å². The normalized spacial score (nSPS) is 15.2. The third kappa shape index (κ3) is 5.35. The van der Waals surface area contributed by atoms with E-state index in [0.29, 0.717) is 29.0 Å². The minimum absolute atomic E-state index is 0.0194. The molecule has 0 atom stereocenters. The van der Waals surface area contributed by atoms with Gasteiger partial charge in [-0.25, -0.2) is 4.99 Å². The number of benzene rings is 3. The molecule has 1 amide bonds. The van der Waals surface area contributed by atoms with Gasteiger partial charge in [-0.15, -0.1) is 0 Å². The van der Waals surface area contributed by atoms with Crippen molar-refractivity contribution in [3.63, 3.8) is 0 Å². The Bertz CT molecular complexity index is 1420. The zero-order valence-corrected chi connectivity index (χ0v) is 21.1. The van der Waals surface area contributed by atoms with E-state index in [1.54, 1.807) is 30.1 Å². The number of phenolic OH excluding ortho intramolecular Hbond substituents is 1. The van der Waals surface area contributed by atoms with E-state index in [1.807, 2.05) is 54.6 Å². The quantitative estimate of drug-likeness (QED) is 0.351. The van der Waals surface area contributed by atoms with Crippen molar-refractivity contribution in [2.75, 3.05) is 51.7 Å². The molecule has 3 N–H and O–H groups in total. The zero-order valence-electron chi connectivity index (χ0n) is 21.1. The number of fused-ring (bicyclic) bond motifs is 1. The lowest BCUT2D eigenvalue weighted by atomic mass is 10.0. The van der Waals surface area contributed by atoms with Gasteiger partial charge in [-0.3, -0.25) is 9.69 Å². The summed E-state index contributed by atoms with van der Waals surface area (Å²) >= 11 is 0.